The van der Waals surface area contributed by atoms with Gasteiger partial charge in [0.05, 0.1) is 39.1 Å². The third-order valence-corrected chi connectivity index (χ3v) is 2.98. The molecular weight excluding hydrogens is 254 g/mol. The number of benzene rings is 1. The van der Waals surface area contributed by atoms with Crippen LogP contribution < -0.4 is 5.32 Å². The lowest BCUT2D eigenvalue weighted by Gasteiger charge is -2.19. The molecule has 0 aliphatic rings. The smallest absolute Gasteiger partial charge is 0.0701 e. The van der Waals surface area contributed by atoms with E-state index in [-0.39, 0.29) is 6.04 Å². The van der Waals surface area contributed by atoms with Crippen molar-refractivity contribution in [2.45, 2.75) is 19.9 Å². The highest BCUT2D eigenvalue weighted by Crippen LogP contribution is 2.14. The number of nitrogens with one attached hydrogen (secondary N) is 1. The molecule has 1 atom stereocenters. The quantitative estimate of drug-likeness (QED) is 0.632. The molecule has 1 rings (SSSR count). The van der Waals surface area contributed by atoms with E-state index in [2.05, 4.69) is 43.4 Å². The number of rotatable bonds is 11. The van der Waals surface area contributed by atoms with Crippen LogP contribution in [0.2, 0.25) is 0 Å². The summed E-state index contributed by atoms with van der Waals surface area (Å²) < 4.78 is 16.0. The molecule has 0 spiro atoms. The molecule has 1 aromatic carbocycles. The van der Waals surface area contributed by atoms with Crippen molar-refractivity contribution in [1.82, 2.24) is 5.32 Å². The summed E-state index contributed by atoms with van der Waals surface area (Å²) in [7, 11) is 1.67. The molecule has 1 unspecified atom stereocenters. The van der Waals surface area contributed by atoms with E-state index in [1.54, 1.807) is 7.11 Å². The Morgan fingerprint density at radius 2 is 1.85 bits per heavy atom. The monoisotopic (exact) mass is 281 g/mol. The predicted octanol–water partition coefficient (Wildman–Crippen LogP) is 2.33. The van der Waals surface area contributed by atoms with E-state index >= 15 is 0 Å². The van der Waals surface area contributed by atoms with Gasteiger partial charge < -0.3 is 19.5 Å². The Morgan fingerprint density at radius 1 is 1.10 bits per heavy atom. The maximum absolute atomic E-state index is 5.69. The lowest BCUT2D eigenvalue weighted by Crippen LogP contribution is -2.26. The van der Waals surface area contributed by atoms with Crippen LogP contribution in [0.1, 0.15) is 24.1 Å². The second-order valence-corrected chi connectivity index (χ2v) is 4.70. The van der Waals surface area contributed by atoms with Crippen LogP contribution in [0.25, 0.3) is 0 Å². The first kappa shape index (κ1) is 17.1. The second-order valence-electron chi connectivity index (χ2n) is 4.70. The van der Waals surface area contributed by atoms with Gasteiger partial charge >= 0.3 is 0 Å². The Balaban J connectivity index is 2.29. The van der Waals surface area contributed by atoms with E-state index in [4.69, 9.17) is 14.2 Å². The van der Waals surface area contributed by atoms with Crippen LogP contribution in [-0.2, 0) is 14.2 Å². The molecule has 0 heterocycles. The molecule has 0 radical (unpaired) electrons. The highest BCUT2D eigenvalue weighted by Gasteiger charge is 2.10. The molecule has 1 N–H and O–H groups in total. The van der Waals surface area contributed by atoms with Gasteiger partial charge in [0.15, 0.2) is 0 Å². The van der Waals surface area contributed by atoms with Crippen molar-refractivity contribution >= 4 is 0 Å². The Morgan fingerprint density at radius 3 is 2.55 bits per heavy atom. The zero-order valence-electron chi connectivity index (χ0n) is 12.9. The van der Waals surface area contributed by atoms with Gasteiger partial charge in [0.2, 0.25) is 0 Å². The number of ether oxygens (including phenoxy) is 3. The summed E-state index contributed by atoms with van der Waals surface area (Å²) in [6, 6.07) is 8.77. The van der Waals surface area contributed by atoms with Crippen molar-refractivity contribution in [2.75, 3.05) is 46.7 Å². The molecule has 0 aliphatic heterocycles. The SMILES string of the molecule is CCNC(COCCOCCOC)c1cccc(C)c1. The van der Waals surface area contributed by atoms with E-state index in [0.29, 0.717) is 33.0 Å². The summed E-state index contributed by atoms with van der Waals surface area (Å²) >= 11 is 0. The van der Waals surface area contributed by atoms with E-state index in [9.17, 15) is 0 Å². The highest BCUT2D eigenvalue weighted by atomic mass is 16.5. The number of aryl methyl sites for hydroxylation is 1. The molecular formula is C16H27NO3. The van der Waals surface area contributed by atoms with Crippen LogP contribution in [-0.4, -0.2) is 46.7 Å². The number of methoxy groups -OCH3 is 1. The van der Waals surface area contributed by atoms with Gasteiger partial charge in [0.25, 0.3) is 0 Å². The summed E-state index contributed by atoms with van der Waals surface area (Å²) in [5.74, 6) is 0. The van der Waals surface area contributed by atoms with Gasteiger partial charge in [0.1, 0.15) is 0 Å². The first-order valence-corrected chi connectivity index (χ1v) is 7.22. The Bertz CT molecular complexity index is 357. The van der Waals surface area contributed by atoms with Gasteiger partial charge in [-0.3, -0.25) is 0 Å². The van der Waals surface area contributed by atoms with Crippen molar-refractivity contribution in [1.29, 1.82) is 0 Å². The standard InChI is InChI=1S/C16H27NO3/c1-4-17-16(15-7-5-6-14(2)12-15)13-20-11-10-19-9-8-18-3/h5-7,12,16-17H,4,8-11,13H2,1-3H3. The van der Waals surface area contributed by atoms with Crippen LogP contribution >= 0.6 is 0 Å². The van der Waals surface area contributed by atoms with Crippen LogP contribution in [0.3, 0.4) is 0 Å². The Hall–Kier alpha value is -0.940. The first-order valence-electron chi connectivity index (χ1n) is 7.22. The minimum absolute atomic E-state index is 0.235. The fourth-order valence-corrected chi connectivity index (χ4v) is 1.97. The zero-order chi connectivity index (χ0) is 14.6. The molecule has 0 saturated carbocycles. The highest BCUT2D eigenvalue weighted by molar-refractivity contribution is 5.25. The third-order valence-electron chi connectivity index (χ3n) is 2.98. The molecule has 20 heavy (non-hydrogen) atoms. The topological polar surface area (TPSA) is 39.7 Å². The molecule has 4 nitrogen and oxygen atoms in total. The largest absolute Gasteiger partial charge is 0.382 e. The maximum Gasteiger partial charge on any atom is 0.0701 e. The van der Waals surface area contributed by atoms with Crippen LogP contribution in [0.5, 0.6) is 0 Å². The van der Waals surface area contributed by atoms with Crippen LogP contribution in [0.15, 0.2) is 24.3 Å². The molecule has 0 aromatic heterocycles. The first-order chi connectivity index (χ1) is 9.77. The van der Waals surface area contributed by atoms with Crippen molar-refractivity contribution in [2.24, 2.45) is 0 Å². The van der Waals surface area contributed by atoms with Crippen molar-refractivity contribution in [3.05, 3.63) is 35.4 Å². The van der Waals surface area contributed by atoms with Crippen LogP contribution in [0.4, 0.5) is 0 Å². The van der Waals surface area contributed by atoms with E-state index < -0.39 is 0 Å². The molecule has 0 aliphatic carbocycles. The van der Waals surface area contributed by atoms with E-state index in [0.717, 1.165) is 6.54 Å². The Labute approximate surface area is 122 Å². The average molecular weight is 281 g/mol. The van der Waals surface area contributed by atoms with Gasteiger partial charge in [0, 0.05) is 7.11 Å². The number of hydrogen-bond acceptors (Lipinski definition) is 4. The summed E-state index contributed by atoms with van der Waals surface area (Å²) in [5.41, 5.74) is 2.54. The third kappa shape index (κ3) is 7.01. The molecule has 0 amide bonds. The van der Waals surface area contributed by atoms with Gasteiger partial charge in [-0.15, -0.1) is 0 Å². The maximum atomic E-state index is 5.69. The molecule has 114 valence electrons. The molecule has 0 bridgehead atoms. The summed E-state index contributed by atoms with van der Waals surface area (Å²) in [6.45, 7) is 8.26. The van der Waals surface area contributed by atoms with E-state index in [1.807, 2.05) is 0 Å². The predicted molar refractivity (Wildman–Crippen MR) is 81.1 cm³/mol. The van der Waals surface area contributed by atoms with Crippen molar-refractivity contribution < 1.29 is 14.2 Å². The van der Waals surface area contributed by atoms with Gasteiger partial charge in [-0.25, -0.2) is 0 Å². The molecule has 4 heteroatoms. The molecule has 1 aromatic rings. The lowest BCUT2D eigenvalue weighted by atomic mass is 10.1. The van der Waals surface area contributed by atoms with Gasteiger partial charge in [-0.05, 0) is 19.0 Å². The second kappa shape index (κ2) is 10.8. The van der Waals surface area contributed by atoms with Gasteiger partial charge in [-0.1, -0.05) is 36.8 Å². The fourth-order valence-electron chi connectivity index (χ4n) is 1.97. The lowest BCUT2D eigenvalue weighted by molar-refractivity contribution is 0.0194. The van der Waals surface area contributed by atoms with Gasteiger partial charge in [-0.2, -0.15) is 0 Å². The fraction of sp³-hybridized carbons (Fsp3) is 0.625. The van der Waals surface area contributed by atoms with Crippen molar-refractivity contribution in [3.63, 3.8) is 0 Å². The van der Waals surface area contributed by atoms with E-state index in [1.165, 1.54) is 11.1 Å². The minimum Gasteiger partial charge on any atom is -0.382 e. The zero-order valence-corrected chi connectivity index (χ0v) is 12.9. The van der Waals surface area contributed by atoms with Crippen LogP contribution in [0, 0.1) is 6.92 Å². The number of hydrogen-bond donors (Lipinski definition) is 1. The normalized spacial score (nSPS) is 12.6. The minimum atomic E-state index is 0.235. The molecule has 0 saturated heterocycles. The summed E-state index contributed by atoms with van der Waals surface area (Å²) in [6.07, 6.45) is 0. The average Bonchev–Trinajstić information content (AvgIpc) is 2.45. The Kier molecular flexibility index (Phi) is 9.24. The summed E-state index contributed by atoms with van der Waals surface area (Å²) in [4.78, 5) is 0. The number of likely N-dealkylation sites (N-methyl/N-ethyl adjacent to an activating group) is 1. The summed E-state index contributed by atoms with van der Waals surface area (Å²) in [5, 5.41) is 3.45. The molecule has 0 fully saturated rings. The van der Waals surface area contributed by atoms with Crippen molar-refractivity contribution in [3.8, 4) is 0 Å².